The summed E-state index contributed by atoms with van der Waals surface area (Å²) >= 11 is 1.74. The van der Waals surface area contributed by atoms with Crippen molar-refractivity contribution < 1.29 is 9.15 Å². The molecule has 2 heterocycles. The minimum Gasteiger partial charge on any atom is -0.493 e. The molecule has 1 aromatic carbocycles. The SMILES string of the molecule is COc1cccc2cc(CNC(C)Cc3ccsc3)oc12. The summed E-state index contributed by atoms with van der Waals surface area (Å²) < 4.78 is 11.2. The van der Waals surface area contributed by atoms with E-state index < -0.39 is 0 Å². The fourth-order valence-corrected chi connectivity index (χ4v) is 3.13. The molecule has 4 heteroatoms. The van der Waals surface area contributed by atoms with Crippen LogP contribution in [0.1, 0.15) is 18.2 Å². The van der Waals surface area contributed by atoms with E-state index in [-0.39, 0.29) is 0 Å². The van der Waals surface area contributed by atoms with Gasteiger partial charge in [0.2, 0.25) is 0 Å². The normalized spacial score (nSPS) is 12.7. The van der Waals surface area contributed by atoms with Crippen LogP contribution in [0.25, 0.3) is 11.0 Å². The first-order valence-electron chi connectivity index (χ1n) is 7.06. The second kappa shape index (κ2) is 6.33. The fraction of sp³-hybridized carbons (Fsp3) is 0.294. The maximum atomic E-state index is 5.89. The lowest BCUT2D eigenvalue weighted by molar-refractivity contribution is 0.404. The molecule has 0 fully saturated rings. The average Bonchev–Trinajstić information content (AvgIpc) is 3.13. The van der Waals surface area contributed by atoms with Gasteiger partial charge in [0.1, 0.15) is 5.76 Å². The predicted molar refractivity (Wildman–Crippen MR) is 87.1 cm³/mol. The van der Waals surface area contributed by atoms with Crippen molar-refractivity contribution in [2.24, 2.45) is 0 Å². The zero-order chi connectivity index (χ0) is 14.7. The van der Waals surface area contributed by atoms with Crippen LogP contribution in [0.4, 0.5) is 0 Å². The number of fused-ring (bicyclic) bond motifs is 1. The topological polar surface area (TPSA) is 34.4 Å². The molecule has 3 aromatic rings. The van der Waals surface area contributed by atoms with Gasteiger partial charge in [0.25, 0.3) is 0 Å². The standard InChI is InChI=1S/C17H19NO2S/c1-12(8-13-6-7-21-11-13)18-10-15-9-14-4-3-5-16(19-2)17(14)20-15/h3-7,9,11-12,18H,8,10H2,1-2H3. The molecule has 0 saturated carbocycles. The van der Waals surface area contributed by atoms with Crippen LogP contribution in [0.3, 0.4) is 0 Å². The van der Waals surface area contributed by atoms with Gasteiger partial charge in [-0.05, 0) is 47.9 Å². The molecule has 1 atom stereocenters. The first kappa shape index (κ1) is 14.2. The van der Waals surface area contributed by atoms with E-state index in [2.05, 4.69) is 35.1 Å². The van der Waals surface area contributed by atoms with Gasteiger partial charge in [0, 0.05) is 11.4 Å². The fourth-order valence-electron chi connectivity index (χ4n) is 2.45. The van der Waals surface area contributed by atoms with Crippen molar-refractivity contribution in [1.82, 2.24) is 5.32 Å². The summed E-state index contributed by atoms with van der Waals surface area (Å²) in [7, 11) is 1.66. The number of ether oxygens (including phenoxy) is 1. The van der Waals surface area contributed by atoms with Crippen molar-refractivity contribution in [2.45, 2.75) is 25.9 Å². The van der Waals surface area contributed by atoms with E-state index in [9.17, 15) is 0 Å². The lowest BCUT2D eigenvalue weighted by Crippen LogP contribution is -2.27. The number of methoxy groups -OCH3 is 1. The van der Waals surface area contributed by atoms with E-state index in [1.807, 2.05) is 18.2 Å². The summed E-state index contributed by atoms with van der Waals surface area (Å²) in [6.45, 7) is 2.92. The summed E-state index contributed by atoms with van der Waals surface area (Å²) in [6.07, 6.45) is 1.03. The van der Waals surface area contributed by atoms with Gasteiger partial charge in [-0.15, -0.1) is 0 Å². The Bertz CT molecular complexity index is 703. The molecular weight excluding hydrogens is 282 g/mol. The van der Waals surface area contributed by atoms with Gasteiger partial charge in [-0.1, -0.05) is 12.1 Å². The largest absolute Gasteiger partial charge is 0.493 e. The van der Waals surface area contributed by atoms with Gasteiger partial charge in [-0.25, -0.2) is 0 Å². The summed E-state index contributed by atoms with van der Waals surface area (Å²) in [4.78, 5) is 0. The summed E-state index contributed by atoms with van der Waals surface area (Å²) in [5.74, 6) is 1.72. The van der Waals surface area contributed by atoms with Crippen molar-refractivity contribution in [2.75, 3.05) is 7.11 Å². The second-order valence-corrected chi connectivity index (χ2v) is 5.99. The molecule has 3 nitrogen and oxygen atoms in total. The number of nitrogens with one attached hydrogen (secondary N) is 1. The smallest absolute Gasteiger partial charge is 0.176 e. The first-order chi connectivity index (χ1) is 10.3. The predicted octanol–water partition coefficient (Wildman–Crippen LogP) is 4.22. The quantitative estimate of drug-likeness (QED) is 0.740. The van der Waals surface area contributed by atoms with Crippen LogP contribution in [-0.2, 0) is 13.0 Å². The highest BCUT2D eigenvalue weighted by Gasteiger charge is 2.10. The van der Waals surface area contributed by atoms with Gasteiger partial charge < -0.3 is 14.5 Å². The van der Waals surface area contributed by atoms with Crippen LogP contribution in [0.2, 0.25) is 0 Å². The van der Waals surface area contributed by atoms with E-state index in [1.54, 1.807) is 18.4 Å². The maximum absolute atomic E-state index is 5.89. The van der Waals surface area contributed by atoms with E-state index in [0.717, 1.165) is 35.4 Å². The maximum Gasteiger partial charge on any atom is 0.176 e. The average molecular weight is 301 g/mol. The van der Waals surface area contributed by atoms with Gasteiger partial charge in [0.15, 0.2) is 11.3 Å². The van der Waals surface area contributed by atoms with E-state index in [0.29, 0.717) is 6.04 Å². The molecule has 2 aromatic heterocycles. The third-order valence-electron chi connectivity index (χ3n) is 3.53. The van der Waals surface area contributed by atoms with Crippen molar-refractivity contribution in [3.8, 4) is 5.75 Å². The molecule has 3 rings (SSSR count). The minimum atomic E-state index is 0.412. The molecule has 0 aliphatic heterocycles. The van der Waals surface area contributed by atoms with E-state index in [1.165, 1.54) is 5.56 Å². The number of thiophene rings is 1. The van der Waals surface area contributed by atoms with Crippen molar-refractivity contribution >= 4 is 22.3 Å². The molecule has 0 aliphatic rings. The zero-order valence-electron chi connectivity index (χ0n) is 12.3. The molecule has 1 N–H and O–H groups in total. The van der Waals surface area contributed by atoms with Crippen molar-refractivity contribution in [1.29, 1.82) is 0 Å². The van der Waals surface area contributed by atoms with Crippen LogP contribution in [0.15, 0.2) is 45.5 Å². The van der Waals surface area contributed by atoms with Gasteiger partial charge in [-0.2, -0.15) is 11.3 Å². The number of hydrogen-bond acceptors (Lipinski definition) is 4. The summed E-state index contributed by atoms with van der Waals surface area (Å²) in [5, 5.41) is 8.90. The number of rotatable bonds is 6. The first-order valence-corrected chi connectivity index (χ1v) is 8.00. The highest BCUT2D eigenvalue weighted by molar-refractivity contribution is 7.07. The van der Waals surface area contributed by atoms with Gasteiger partial charge >= 0.3 is 0 Å². The Kier molecular flexibility index (Phi) is 4.27. The number of hydrogen-bond donors (Lipinski definition) is 1. The Morgan fingerprint density at radius 2 is 2.24 bits per heavy atom. The van der Waals surface area contributed by atoms with Crippen LogP contribution >= 0.6 is 11.3 Å². The second-order valence-electron chi connectivity index (χ2n) is 5.21. The number of furan rings is 1. The summed E-state index contributed by atoms with van der Waals surface area (Å²) in [6, 6.07) is 10.6. The molecule has 0 radical (unpaired) electrons. The number of benzene rings is 1. The molecule has 0 saturated heterocycles. The number of para-hydroxylation sites is 1. The molecule has 0 spiro atoms. The summed E-state index contributed by atoms with van der Waals surface area (Å²) in [5.41, 5.74) is 2.20. The van der Waals surface area contributed by atoms with E-state index >= 15 is 0 Å². The van der Waals surface area contributed by atoms with Crippen LogP contribution in [-0.4, -0.2) is 13.2 Å². The van der Waals surface area contributed by atoms with Crippen LogP contribution in [0.5, 0.6) is 5.75 Å². The monoisotopic (exact) mass is 301 g/mol. The van der Waals surface area contributed by atoms with Gasteiger partial charge in [0.05, 0.1) is 13.7 Å². The molecule has 0 aliphatic carbocycles. The van der Waals surface area contributed by atoms with Crippen LogP contribution < -0.4 is 10.1 Å². The lowest BCUT2D eigenvalue weighted by Gasteiger charge is -2.11. The van der Waals surface area contributed by atoms with Crippen molar-refractivity contribution in [3.05, 3.63) is 52.4 Å². The minimum absolute atomic E-state index is 0.412. The van der Waals surface area contributed by atoms with Gasteiger partial charge in [-0.3, -0.25) is 0 Å². The molecule has 0 bridgehead atoms. The van der Waals surface area contributed by atoms with Crippen molar-refractivity contribution in [3.63, 3.8) is 0 Å². The molecule has 21 heavy (non-hydrogen) atoms. The van der Waals surface area contributed by atoms with Crippen LogP contribution in [0, 0.1) is 0 Å². The molecule has 0 amide bonds. The lowest BCUT2D eigenvalue weighted by atomic mass is 10.1. The van der Waals surface area contributed by atoms with E-state index in [4.69, 9.17) is 9.15 Å². The Labute approximate surface area is 128 Å². The Hall–Kier alpha value is -1.78. The third-order valence-corrected chi connectivity index (χ3v) is 4.26. The Morgan fingerprint density at radius 1 is 1.33 bits per heavy atom. The highest BCUT2D eigenvalue weighted by atomic mass is 32.1. The Morgan fingerprint density at radius 3 is 3.00 bits per heavy atom. The molecule has 110 valence electrons. The zero-order valence-corrected chi connectivity index (χ0v) is 13.1. The highest BCUT2D eigenvalue weighted by Crippen LogP contribution is 2.28. The Balaban J connectivity index is 1.65. The molecule has 1 unspecified atom stereocenters. The molecular formula is C17H19NO2S. The third kappa shape index (κ3) is 3.28.